The van der Waals surface area contributed by atoms with Gasteiger partial charge in [-0.25, -0.2) is 5.01 Å². The van der Waals surface area contributed by atoms with Crippen LogP contribution < -0.4 is 5.01 Å². The lowest BCUT2D eigenvalue weighted by Gasteiger charge is -2.61. The zero-order valence-electron chi connectivity index (χ0n) is 15.0. The molecule has 0 bridgehead atoms. The third-order valence-electron chi connectivity index (χ3n) is 4.92. The number of rotatable bonds is 4. The van der Waals surface area contributed by atoms with Crippen molar-refractivity contribution >= 4 is 11.6 Å². The summed E-state index contributed by atoms with van der Waals surface area (Å²) in [6.07, 6.45) is 0. The molecule has 0 spiro atoms. The predicted molar refractivity (Wildman–Crippen MR) is 105 cm³/mol. The first-order valence-corrected chi connectivity index (χ1v) is 8.97. The molecule has 3 aromatic carbocycles. The van der Waals surface area contributed by atoms with Crippen molar-refractivity contribution in [3.05, 3.63) is 102 Å². The Bertz CT molecular complexity index is 852. The summed E-state index contributed by atoms with van der Waals surface area (Å²) in [5.41, 5.74) is 2.14. The Balaban J connectivity index is 1.99. The zero-order valence-corrected chi connectivity index (χ0v) is 15.0. The molecule has 1 heterocycles. The van der Waals surface area contributed by atoms with Crippen molar-refractivity contribution in [1.82, 2.24) is 5.01 Å². The molecule has 0 saturated carbocycles. The van der Waals surface area contributed by atoms with Crippen LogP contribution in [0.2, 0.25) is 0 Å². The number of hydrogen-bond donors (Lipinski definition) is 0. The van der Waals surface area contributed by atoms with Crippen molar-refractivity contribution in [3.8, 4) is 0 Å². The number of anilines is 1. The summed E-state index contributed by atoms with van der Waals surface area (Å²) in [5.74, 6) is 0.105. The summed E-state index contributed by atoms with van der Waals surface area (Å²) in [4.78, 5) is 13.6. The highest BCUT2D eigenvalue weighted by Gasteiger charge is 2.62. The van der Waals surface area contributed by atoms with E-state index in [0.717, 1.165) is 16.8 Å². The molecule has 26 heavy (non-hydrogen) atoms. The molecule has 130 valence electrons. The second kappa shape index (κ2) is 6.34. The molecular formula is C23H22N2O. The van der Waals surface area contributed by atoms with Crippen LogP contribution in [0.1, 0.15) is 25.0 Å². The highest BCUT2D eigenvalue weighted by Crippen LogP contribution is 2.49. The van der Waals surface area contributed by atoms with Gasteiger partial charge in [-0.15, -0.1) is 0 Å². The molecule has 4 rings (SSSR count). The lowest BCUT2D eigenvalue weighted by atomic mass is 9.76. The molecule has 1 saturated heterocycles. The maximum absolute atomic E-state index is 13.6. The van der Waals surface area contributed by atoms with Crippen LogP contribution in [0.3, 0.4) is 0 Å². The first-order valence-electron chi connectivity index (χ1n) is 8.97. The van der Waals surface area contributed by atoms with Gasteiger partial charge in [0.15, 0.2) is 5.54 Å². The van der Waals surface area contributed by atoms with Gasteiger partial charge in [0, 0.05) is 6.04 Å². The number of benzene rings is 3. The SMILES string of the molecule is CC(C)N1C(=O)C(c2ccccc2)(c2ccccc2)N1c1ccccc1. The molecular weight excluding hydrogens is 320 g/mol. The molecule has 1 fully saturated rings. The highest BCUT2D eigenvalue weighted by atomic mass is 16.2. The molecule has 3 nitrogen and oxygen atoms in total. The lowest BCUT2D eigenvalue weighted by molar-refractivity contribution is -0.154. The number of carbonyl (C=O) groups excluding carboxylic acids is 1. The minimum absolute atomic E-state index is 0.0725. The molecule has 1 amide bonds. The molecule has 0 radical (unpaired) electrons. The quantitative estimate of drug-likeness (QED) is 0.692. The summed E-state index contributed by atoms with van der Waals surface area (Å²) in [6.45, 7) is 4.10. The van der Waals surface area contributed by atoms with E-state index < -0.39 is 5.54 Å². The van der Waals surface area contributed by atoms with Crippen LogP contribution >= 0.6 is 0 Å². The molecule has 1 aliphatic heterocycles. The minimum Gasteiger partial charge on any atom is -0.269 e. The van der Waals surface area contributed by atoms with Gasteiger partial charge in [0.25, 0.3) is 5.91 Å². The van der Waals surface area contributed by atoms with E-state index >= 15 is 0 Å². The van der Waals surface area contributed by atoms with E-state index in [2.05, 4.69) is 17.1 Å². The molecule has 0 N–H and O–H groups in total. The van der Waals surface area contributed by atoms with E-state index in [9.17, 15) is 4.79 Å². The standard InChI is InChI=1S/C23H22N2O/c1-18(2)24-22(26)23(19-12-6-3-7-13-19,20-14-8-4-9-15-20)25(24)21-16-10-5-11-17-21/h3-18H,1-2H3. The van der Waals surface area contributed by atoms with Gasteiger partial charge in [-0.2, -0.15) is 0 Å². The summed E-state index contributed by atoms with van der Waals surface area (Å²) >= 11 is 0. The number of para-hydroxylation sites is 1. The summed E-state index contributed by atoms with van der Waals surface area (Å²) in [7, 11) is 0. The lowest BCUT2D eigenvalue weighted by Crippen LogP contribution is -2.77. The summed E-state index contributed by atoms with van der Waals surface area (Å²) < 4.78 is 0. The van der Waals surface area contributed by atoms with E-state index in [4.69, 9.17) is 0 Å². The fourth-order valence-electron chi connectivity index (χ4n) is 3.83. The fraction of sp³-hybridized carbons (Fsp3) is 0.174. The van der Waals surface area contributed by atoms with Gasteiger partial charge in [-0.1, -0.05) is 78.9 Å². The largest absolute Gasteiger partial charge is 0.278 e. The first kappa shape index (κ1) is 16.4. The van der Waals surface area contributed by atoms with Crippen LogP contribution in [0.15, 0.2) is 91.0 Å². The van der Waals surface area contributed by atoms with E-state index in [1.165, 1.54) is 0 Å². The Morgan fingerprint density at radius 2 is 1.12 bits per heavy atom. The van der Waals surface area contributed by atoms with Gasteiger partial charge in [-0.05, 0) is 37.1 Å². The van der Waals surface area contributed by atoms with E-state index in [0.29, 0.717) is 0 Å². The van der Waals surface area contributed by atoms with Crippen molar-refractivity contribution in [2.24, 2.45) is 0 Å². The fourth-order valence-corrected chi connectivity index (χ4v) is 3.83. The maximum atomic E-state index is 13.6. The van der Waals surface area contributed by atoms with E-state index in [1.54, 1.807) is 0 Å². The number of carbonyl (C=O) groups is 1. The van der Waals surface area contributed by atoms with Crippen LogP contribution in [-0.4, -0.2) is 17.0 Å². The Hall–Kier alpha value is -3.07. The first-order chi connectivity index (χ1) is 12.7. The monoisotopic (exact) mass is 342 g/mol. The van der Waals surface area contributed by atoms with Gasteiger partial charge in [0.2, 0.25) is 0 Å². The number of amides is 1. The maximum Gasteiger partial charge on any atom is 0.278 e. The average Bonchev–Trinajstić information content (AvgIpc) is 2.68. The Morgan fingerprint density at radius 3 is 1.54 bits per heavy atom. The molecule has 0 aliphatic carbocycles. The Kier molecular flexibility index (Phi) is 4.00. The van der Waals surface area contributed by atoms with Crippen molar-refractivity contribution in [2.45, 2.75) is 25.4 Å². The Morgan fingerprint density at radius 1 is 0.692 bits per heavy atom. The average molecular weight is 342 g/mol. The van der Waals surface area contributed by atoms with Crippen LogP contribution in [-0.2, 0) is 10.3 Å². The smallest absolute Gasteiger partial charge is 0.269 e. The van der Waals surface area contributed by atoms with Gasteiger partial charge < -0.3 is 0 Å². The van der Waals surface area contributed by atoms with E-state index in [-0.39, 0.29) is 11.9 Å². The molecule has 0 unspecified atom stereocenters. The molecule has 3 heteroatoms. The molecule has 0 aromatic heterocycles. The predicted octanol–water partition coefficient (Wildman–Crippen LogP) is 4.60. The van der Waals surface area contributed by atoms with E-state index in [1.807, 2.05) is 97.7 Å². The van der Waals surface area contributed by atoms with Crippen LogP contribution in [0.4, 0.5) is 5.69 Å². The van der Waals surface area contributed by atoms with Gasteiger partial charge in [0.1, 0.15) is 0 Å². The molecule has 0 atom stereocenters. The second-order valence-corrected chi connectivity index (χ2v) is 6.83. The number of hydrogen-bond acceptors (Lipinski definition) is 2. The number of nitrogens with zero attached hydrogens (tertiary/aromatic N) is 2. The van der Waals surface area contributed by atoms with Crippen LogP contribution in [0, 0.1) is 0 Å². The minimum atomic E-state index is -0.839. The van der Waals surface area contributed by atoms with Gasteiger partial charge in [0.05, 0.1) is 5.69 Å². The van der Waals surface area contributed by atoms with Gasteiger partial charge >= 0.3 is 0 Å². The highest BCUT2D eigenvalue weighted by molar-refractivity contribution is 6.03. The van der Waals surface area contributed by atoms with Crippen LogP contribution in [0.25, 0.3) is 0 Å². The normalized spacial score (nSPS) is 15.9. The van der Waals surface area contributed by atoms with Crippen molar-refractivity contribution < 1.29 is 4.79 Å². The van der Waals surface area contributed by atoms with Crippen molar-refractivity contribution in [2.75, 3.05) is 5.01 Å². The summed E-state index contributed by atoms with van der Waals surface area (Å²) in [5, 5.41) is 4.00. The zero-order chi connectivity index (χ0) is 18.1. The topological polar surface area (TPSA) is 23.6 Å². The molecule has 3 aromatic rings. The Labute approximate surface area is 154 Å². The third kappa shape index (κ3) is 2.24. The third-order valence-corrected chi connectivity index (χ3v) is 4.92. The van der Waals surface area contributed by atoms with Crippen molar-refractivity contribution in [1.29, 1.82) is 0 Å². The summed E-state index contributed by atoms with van der Waals surface area (Å²) in [6, 6.07) is 30.3. The van der Waals surface area contributed by atoms with Crippen LogP contribution in [0.5, 0.6) is 0 Å². The second-order valence-electron chi connectivity index (χ2n) is 6.83. The number of hydrazine groups is 1. The van der Waals surface area contributed by atoms with Crippen molar-refractivity contribution in [3.63, 3.8) is 0 Å². The molecule has 1 aliphatic rings. The van der Waals surface area contributed by atoms with Gasteiger partial charge in [-0.3, -0.25) is 9.80 Å².